The number of carbonyl (C=O) groups excluding carboxylic acids is 3. The zero-order valence-corrected chi connectivity index (χ0v) is 13.8. The van der Waals surface area contributed by atoms with E-state index in [1.165, 1.54) is 19.1 Å². The van der Waals surface area contributed by atoms with Gasteiger partial charge in [-0.1, -0.05) is 0 Å². The van der Waals surface area contributed by atoms with Crippen LogP contribution in [0, 0.1) is 0 Å². The van der Waals surface area contributed by atoms with Crippen LogP contribution in [0.15, 0.2) is 29.5 Å². The first-order valence-corrected chi connectivity index (χ1v) is 7.48. The highest BCUT2D eigenvalue weighted by Gasteiger charge is 2.32. The number of nitrogens with one attached hydrogen (secondary N) is 2. The molecule has 0 atom stereocenters. The van der Waals surface area contributed by atoms with Crippen molar-refractivity contribution >= 4 is 29.3 Å². The van der Waals surface area contributed by atoms with Crippen molar-refractivity contribution in [2.75, 3.05) is 37.8 Å². The third-order valence-corrected chi connectivity index (χ3v) is 3.92. The number of nitrogens with zero attached hydrogens (tertiary/aromatic N) is 1. The molecule has 2 N–H and O–H groups in total. The van der Waals surface area contributed by atoms with E-state index < -0.39 is 11.9 Å². The van der Waals surface area contributed by atoms with Crippen LogP contribution in [-0.4, -0.2) is 45.5 Å². The highest BCUT2D eigenvalue weighted by Crippen LogP contribution is 2.30. The fourth-order valence-electron chi connectivity index (χ4n) is 2.71. The van der Waals surface area contributed by atoms with Crippen LogP contribution in [-0.2, 0) is 30.3 Å². The summed E-state index contributed by atoms with van der Waals surface area (Å²) in [7, 11) is 2.47. The van der Waals surface area contributed by atoms with Crippen molar-refractivity contribution in [3.8, 4) is 0 Å². The minimum absolute atomic E-state index is 0.0455. The number of esters is 2. The van der Waals surface area contributed by atoms with E-state index in [9.17, 15) is 14.4 Å². The molecule has 1 aromatic carbocycles. The number of ether oxygens (including phenoxy) is 3. The zero-order chi connectivity index (χ0) is 18.0. The summed E-state index contributed by atoms with van der Waals surface area (Å²) in [6.45, 7) is 0.379. The number of amides is 2. The SMILES string of the molecule is COC(=O)C1=C(C(=O)OC)N(c2ccc3c(c2)CNC(=O)N3)COC1. The van der Waals surface area contributed by atoms with Crippen molar-refractivity contribution in [3.05, 3.63) is 35.0 Å². The van der Waals surface area contributed by atoms with Gasteiger partial charge in [0.1, 0.15) is 12.4 Å². The van der Waals surface area contributed by atoms with Crippen LogP contribution in [0.3, 0.4) is 0 Å². The lowest BCUT2D eigenvalue weighted by Crippen LogP contribution is -2.39. The maximum atomic E-state index is 12.3. The third-order valence-electron chi connectivity index (χ3n) is 3.92. The maximum Gasteiger partial charge on any atom is 0.355 e. The van der Waals surface area contributed by atoms with Crippen LogP contribution in [0.5, 0.6) is 0 Å². The van der Waals surface area contributed by atoms with Gasteiger partial charge >= 0.3 is 18.0 Å². The van der Waals surface area contributed by atoms with Crippen molar-refractivity contribution in [2.24, 2.45) is 0 Å². The molecule has 2 aliphatic heterocycles. The van der Waals surface area contributed by atoms with Crippen molar-refractivity contribution in [1.29, 1.82) is 0 Å². The number of hydrogen-bond donors (Lipinski definition) is 2. The van der Waals surface area contributed by atoms with Gasteiger partial charge in [0.05, 0.1) is 26.4 Å². The number of benzene rings is 1. The van der Waals surface area contributed by atoms with E-state index >= 15 is 0 Å². The van der Waals surface area contributed by atoms with Gasteiger partial charge in [0, 0.05) is 17.9 Å². The molecule has 2 heterocycles. The van der Waals surface area contributed by atoms with Crippen LogP contribution >= 0.6 is 0 Å². The molecule has 0 spiro atoms. The van der Waals surface area contributed by atoms with Gasteiger partial charge in [-0.2, -0.15) is 0 Å². The number of carbonyl (C=O) groups is 3. The molecule has 0 radical (unpaired) electrons. The van der Waals surface area contributed by atoms with E-state index in [1.54, 1.807) is 18.2 Å². The number of hydrogen-bond acceptors (Lipinski definition) is 7. The van der Waals surface area contributed by atoms with Gasteiger partial charge in [0.2, 0.25) is 0 Å². The van der Waals surface area contributed by atoms with E-state index in [1.807, 2.05) is 0 Å². The predicted octanol–water partition coefficient (Wildman–Crippen LogP) is 0.716. The third kappa shape index (κ3) is 3.13. The van der Waals surface area contributed by atoms with E-state index in [0.29, 0.717) is 17.9 Å². The number of fused-ring (bicyclic) bond motifs is 1. The van der Waals surface area contributed by atoms with Crippen LogP contribution in [0.2, 0.25) is 0 Å². The molecule has 0 fully saturated rings. The summed E-state index contributed by atoms with van der Waals surface area (Å²) in [5, 5.41) is 5.37. The van der Waals surface area contributed by atoms with E-state index in [-0.39, 0.29) is 30.6 Å². The summed E-state index contributed by atoms with van der Waals surface area (Å²) in [5.74, 6) is -1.31. The van der Waals surface area contributed by atoms with Gasteiger partial charge in [-0.3, -0.25) is 0 Å². The van der Waals surface area contributed by atoms with E-state index in [2.05, 4.69) is 10.6 Å². The van der Waals surface area contributed by atoms with Crippen LogP contribution in [0.1, 0.15) is 5.56 Å². The minimum atomic E-state index is -0.659. The molecule has 9 heteroatoms. The molecule has 2 amide bonds. The Morgan fingerprint density at radius 3 is 2.68 bits per heavy atom. The molecule has 2 aliphatic rings. The smallest absolute Gasteiger partial charge is 0.355 e. The summed E-state index contributed by atoms with van der Waals surface area (Å²) in [4.78, 5) is 37.2. The number of urea groups is 1. The first-order valence-electron chi connectivity index (χ1n) is 7.48. The van der Waals surface area contributed by atoms with Gasteiger partial charge in [-0.15, -0.1) is 0 Å². The van der Waals surface area contributed by atoms with Crippen LogP contribution < -0.4 is 15.5 Å². The quantitative estimate of drug-likeness (QED) is 0.776. The molecular weight excluding hydrogens is 330 g/mol. The van der Waals surface area contributed by atoms with Gasteiger partial charge in [0.25, 0.3) is 0 Å². The second kappa shape index (κ2) is 6.81. The largest absolute Gasteiger partial charge is 0.466 e. The zero-order valence-electron chi connectivity index (χ0n) is 13.8. The summed E-state index contributed by atoms with van der Waals surface area (Å²) in [5.41, 5.74) is 2.31. The van der Waals surface area contributed by atoms with Crippen molar-refractivity contribution < 1.29 is 28.6 Å². The highest BCUT2D eigenvalue weighted by atomic mass is 16.5. The maximum absolute atomic E-state index is 12.3. The molecule has 0 aromatic heterocycles. The topological polar surface area (TPSA) is 106 Å². The first kappa shape index (κ1) is 16.8. The van der Waals surface area contributed by atoms with Crippen molar-refractivity contribution in [2.45, 2.75) is 6.54 Å². The second-order valence-corrected chi connectivity index (χ2v) is 5.37. The Bertz CT molecular complexity index is 773. The second-order valence-electron chi connectivity index (χ2n) is 5.37. The molecule has 0 saturated carbocycles. The summed E-state index contributed by atoms with van der Waals surface area (Å²) < 4.78 is 15.0. The molecule has 0 bridgehead atoms. The van der Waals surface area contributed by atoms with Crippen LogP contribution in [0.25, 0.3) is 0 Å². The average molecular weight is 347 g/mol. The predicted molar refractivity (Wildman–Crippen MR) is 86.7 cm³/mol. The number of methoxy groups -OCH3 is 2. The van der Waals surface area contributed by atoms with E-state index in [0.717, 1.165) is 5.56 Å². The molecule has 0 aliphatic carbocycles. The Labute approximate surface area is 143 Å². The molecule has 1 aromatic rings. The molecule has 0 unspecified atom stereocenters. The lowest BCUT2D eigenvalue weighted by Gasteiger charge is -2.32. The summed E-state index contributed by atoms with van der Waals surface area (Å²) >= 11 is 0. The molecule has 25 heavy (non-hydrogen) atoms. The Morgan fingerprint density at radius 2 is 1.96 bits per heavy atom. The first-order chi connectivity index (χ1) is 12.0. The molecule has 3 rings (SSSR count). The Balaban J connectivity index is 2.04. The Hall–Kier alpha value is -3.07. The van der Waals surface area contributed by atoms with Gasteiger partial charge < -0.3 is 29.7 Å². The van der Waals surface area contributed by atoms with Crippen molar-refractivity contribution in [1.82, 2.24) is 5.32 Å². The van der Waals surface area contributed by atoms with Gasteiger partial charge in [0.15, 0.2) is 0 Å². The fourth-order valence-corrected chi connectivity index (χ4v) is 2.71. The highest BCUT2D eigenvalue weighted by molar-refractivity contribution is 6.03. The molecule has 9 nitrogen and oxygen atoms in total. The molecular formula is C16H17N3O6. The summed E-state index contributed by atoms with van der Waals surface area (Å²) in [6, 6.07) is 4.97. The van der Waals surface area contributed by atoms with Gasteiger partial charge in [-0.25, -0.2) is 14.4 Å². The Kier molecular flexibility index (Phi) is 4.57. The molecule has 132 valence electrons. The number of rotatable bonds is 3. The average Bonchev–Trinajstić information content (AvgIpc) is 2.65. The minimum Gasteiger partial charge on any atom is -0.466 e. The normalized spacial score (nSPS) is 16.6. The molecule has 0 saturated heterocycles. The lowest BCUT2D eigenvalue weighted by atomic mass is 10.1. The van der Waals surface area contributed by atoms with Crippen LogP contribution in [0.4, 0.5) is 16.2 Å². The standard InChI is InChI=1S/C16H17N3O6/c1-23-14(20)11-7-25-8-19(13(11)15(21)24-2)10-3-4-12-9(5-10)6-17-16(22)18-12/h3-5H,6-8H2,1-2H3,(H2,17,18,22). The van der Waals surface area contributed by atoms with Crippen molar-refractivity contribution in [3.63, 3.8) is 0 Å². The Morgan fingerprint density at radius 1 is 1.20 bits per heavy atom. The number of anilines is 2. The fraction of sp³-hybridized carbons (Fsp3) is 0.312. The summed E-state index contributed by atoms with van der Waals surface area (Å²) in [6.07, 6.45) is 0. The van der Waals surface area contributed by atoms with Gasteiger partial charge in [-0.05, 0) is 23.8 Å². The van der Waals surface area contributed by atoms with E-state index in [4.69, 9.17) is 14.2 Å². The lowest BCUT2D eigenvalue weighted by molar-refractivity contribution is -0.140. The monoisotopic (exact) mass is 347 g/mol.